The van der Waals surface area contributed by atoms with Crippen LogP contribution >= 0.6 is 0 Å². The Hall–Kier alpha value is -2.17. The lowest BCUT2D eigenvalue weighted by Gasteiger charge is -2.41. The maximum Gasteiger partial charge on any atom is 0.237 e. The summed E-state index contributed by atoms with van der Waals surface area (Å²) in [5.41, 5.74) is 11.6. The first-order chi connectivity index (χ1) is 15.2. The average Bonchev–Trinajstić information content (AvgIpc) is 3.20. The Morgan fingerprint density at radius 3 is 2.45 bits per heavy atom. The zero-order valence-corrected chi connectivity index (χ0v) is 18.6. The molecule has 2 heterocycles. The van der Waals surface area contributed by atoms with E-state index >= 15 is 0 Å². The van der Waals surface area contributed by atoms with Crippen molar-refractivity contribution >= 4 is 5.91 Å². The number of rotatable bonds is 5. The minimum atomic E-state index is 0.188. The summed E-state index contributed by atoms with van der Waals surface area (Å²) in [6.07, 6.45) is 8.22. The van der Waals surface area contributed by atoms with E-state index in [0.29, 0.717) is 18.0 Å². The number of nitrogens with zero attached hydrogens (tertiary/aromatic N) is 1. The normalized spacial score (nSPS) is 28.9. The van der Waals surface area contributed by atoms with Crippen LogP contribution in [0.4, 0.5) is 0 Å². The van der Waals surface area contributed by atoms with Crippen LogP contribution in [0.1, 0.15) is 56.6 Å². The summed E-state index contributed by atoms with van der Waals surface area (Å²) in [6.45, 7) is 4.61. The molecule has 3 aliphatic rings. The monoisotopic (exact) mass is 417 g/mol. The van der Waals surface area contributed by atoms with E-state index in [2.05, 4.69) is 71.2 Å². The highest BCUT2D eigenvalue weighted by molar-refractivity contribution is 5.79. The lowest BCUT2D eigenvalue weighted by atomic mass is 9.72. The molecular weight excluding hydrogens is 382 g/mol. The van der Waals surface area contributed by atoms with Gasteiger partial charge in [0.2, 0.25) is 5.91 Å². The smallest absolute Gasteiger partial charge is 0.237 e. The van der Waals surface area contributed by atoms with Gasteiger partial charge in [0.1, 0.15) is 0 Å². The van der Waals surface area contributed by atoms with E-state index in [1.54, 1.807) is 0 Å². The molecule has 4 unspecified atom stereocenters. The number of fused-ring (bicyclic) bond motifs is 1. The van der Waals surface area contributed by atoms with Crippen molar-refractivity contribution in [1.82, 2.24) is 15.8 Å². The Balaban J connectivity index is 1.31. The van der Waals surface area contributed by atoms with Crippen LogP contribution in [-0.4, -0.2) is 29.4 Å². The Labute approximate surface area is 186 Å². The molecule has 2 saturated heterocycles. The zero-order valence-electron chi connectivity index (χ0n) is 18.6. The molecule has 4 atom stereocenters. The van der Waals surface area contributed by atoms with Crippen LogP contribution in [0.3, 0.4) is 0 Å². The second kappa shape index (κ2) is 9.13. The third-order valence-corrected chi connectivity index (χ3v) is 7.77. The highest BCUT2D eigenvalue weighted by Crippen LogP contribution is 2.35. The first-order valence-electron chi connectivity index (χ1n) is 12.1. The molecule has 0 aromatic heterocycles. The lowest BCUT2D eigenvalue weighted by Crippen LogP contribution is -2.60. The fourth-order valence-corrected chi connectivity index (χ4v) is 5.98. The van der Waals surface area contributed by atoms with Crippen molar-refractivity contribution < 1.29 is 4.79 Å². The summed E-state index contributed by atoms with van der Waals surface area (Å²) in [5, 5.41) is 0. The largest absolute Gasteiger partial charge is 0.296 e. The Morgan fingerprint density at radius 1 is 0.935 bits per heavy atom. The van der Waals surface area contributed by atoms with Gasteiger partial charge < -0.3 is 0 Å². The molecule has 0 spiro atoms. The predicted molar refractivity (Wildman–Crippen MR) is 125 cm³/mol. The highest BCUT2D eigenvalue weighted by Gasteiger charge is 2.39. The third kappa shape index (κ3) is 4.56. The number of likely N-dealkylation sites (tertiary alicyclic amines) is 1. The van der Waals surface area contributed by atoms with Gasteiger partial charge >= 0.3 is 0 Å². The van der Waals surface area contributed by atoms with Crippen LogP contribution in [-0.2, 0) is 17.8 Å². The first kappa shape index (κ1) is 20.7. The van der Waals surface area contributed by atoms with Gasteiger partial charge in [-0.15, -0.1) is 0 Å². The molecule has 0 radical (unpaired) electrons. The molecule has 1 amide bonds. The molecule has 4 nitrogen and oxygen atoms in total. The van der Waals surface area contributed by atoms with Gasteiger partial charge in [-0.3, -0.25) is 15.1 Å². The van der Waals surface area contributed by atoms with Crippen LogP contribution in [0.25, 0.3) is 11.1 Å². The Morgan fingerprint density at radius 2 is 1.68 bits per heavy atom. The van der Waals surface area contributed by atoms with E-state index in [0.717, 1.165) is 25.8 Å². The third-order valence-electron chi connectivity index (χ3n) is 7.77. The van der Waals surface area contributed by atoms with Crippen molar-refractivity contribution in [2.45, 2.75) is 70.5 Å². The van der Waals surface area contributed by atoms with Gasteiger partial charge in [0.25, 0.3) is 0 Å². The van der Waals surface area contributed by atoms with Crippen LogP contribution in [0, 0.1) is 11.8 Å². The molecule has 2 N–H and O–H groups in total. The SMILES string of the molecule is CC1CCCN1Cc1cccc(-c2cccc(CC3NNC(=O)C4CCCCC34)c2)c1. The van der Waals surface area contributed by atoms with E-state index < -0.39 is 0 Å². The number of hydrogen-bond acceptors (Lipinski definition) is 3. The molecule has 31 heavy (non-hydrogen) atoms. The van der Waals surface area contributed by atoms with E-state index in [9.17, 15) is 4.79 Å². The molecule has 0 bridgehead atoms. The van der Waals surface area contributed by atoms with Gasteiger partial charge in [-0.05, 0) is 79.8 Å². The maximum absolute atomic E-state index is 12.3. The van der Waals surface area contributed by atoms with Gasteiger partial charge in [0, 0.05) is 24.5 Å². The van der Waals surface area contributed by atoms with Crippen molar-refractivity contribution in [3.05, 3.63) is 59.7 Å². The number of carbonyl (C=O) groups is 1. The Bertz CT molecular complexity index is 926. The molecule has 2 aromatic rings. The van der Waals surface area contributed by atoms with Crippen molar-refractivity contribution in [2.24, 2.45) is 11.8 Å². The molecule has 1 aliphatic carbocycles. The molecular formula is C27H35N3O. The number of amides is 1. The van der Waals surface area contributed by atoms with Gasteiger partial charge in [-0.2, -0.15) is 0 Å². The van der Waals surface area contributed by atoms with Crippen molar-refractivity contribution in [3.8, 4) is 11.1 Å². The minimum absolute atomic E-state index is 0.188. The number of carbonyl (C=O) groups excluding carboxylic acids is 1. The van der Waals surface area contributed by atoms with Crippen molar-refractivity contribution in [2.75, 3.05) is 6.54 Å². The lowest BCUT2D eigenvalue weighted by molar-refractivity contribution is -0.133. The van der Waals surface area contributed by atoms with Crippen LogP contribution in [0.5, 0.6) is 0 Å². The molecule has 2 aromatic carbocycles. The summed E-state index contributed by atoms with van der Waals surface area (Å²) in [6, 6.07) is 19.0. The standard InChI is InChI=1S/C27H35N3O/c1-19-7-6-14-30(19)18-21-9-5-11-23(16-21)22-10-4-8-20(15-22)17-26-24-12-2-3-13-25(24)27(31)29-28-26/h4-5,8-11,15-16,19,24-26,28H,2-3,6-7,12-14,17-18H2,1H3,(H,29,31). The summed E-state index contributed by atoms with van der Waals surface area (Å²) in [4.78, 5) is 14.9. The first-order valence-corrected chi connectivity index (χ1v) is 12.1. The minimum Gasteiger partial charge on any atom is -0.296 e. The van der Waals surface area contributed by atoms with E-state index in [4.69, 9.17) is 0 Å². The quantitative estimate of drug-likeness (QED) is 0.742. The summed E-state index contributed by atoms with van der Waals surface area (Å²) in [5.74, 6) is 0.837. The predicted octanol–water partition coefficient (Wildman–Crippen LogP) is 4.69. The molecule has 5 rings (SSSR count). The number of hydrogen-bond donors (Lipinski definition) is 2. The molecule has 4 heteroatoms. The molecule has 2 aliphatic heterocycles. The highest BCUT2D eigenvalue weighted by atomic mass is 16.2. The average molecular weight is 418 g/mol. The molecule has 1 saturated carbocycles. The molecule has 164 valence electrons. The maximum atomic E-state index is 12.3. The van der Waals surface area contributed by atoms with Crippen LogP contribution in [0.2, 0.25) is 0 Å². The summed E-state index contributed by atoms with van der Waals surface area (Å²) < 4.78 is 0. The van der Waals surface area contributed by atoms with Gasteiger partial charge in [-0.25, -0.2) is 5.43 Å². The zero-order chi connectivity index (χ0) is 21.2. The van der Waals surface area contributed by atoms with Gasteiger partial charge in [0.15, 0.2) is 0 Å². The van der Waals surface area contributed by atoms with E-state index in [-0.39, 0.29) is 11.8 Å². The van der Waals surface area contributed by atoms with E-state index in [1.807, 2.05) is 0 Å². The van der Waals surface area contributed by atoms with E-state index in [1.165, 1.54) is 54.5 Å². The van der Waals surface area contributed by atoms with Gasteiger partial charge in [-0.1, -0.05) is 55.3 Å². The topological polar surface area (TPSA) is 44.4 Å². The number of nitrogens with one attached hydrogen (secondary N) is 2. The van der Waals surface area contributed by atoms with Crippen LogP contribution in [0.15, 0.2) is 48.5 Å². The van der Waals surface area contributed by atoms with Crippen molar-refractivity contribution in [1.29, 1.82) is 0 Å². The van der Waals surface area contributed by atoms with Gasteiger partial charge in [0.05, 0.1) is 0 Å². The van der Waals surface area contributed by atoms with Crippen LogP contribution < -0.4 is 10.9 Å². The van der Waals surface area contributed by atoms with Crippen molar-refractivity contribution in [3.63, 3.8) is 0 Å². The summed E-state index contributed by atoms with van der Waals surface area (Å²) >= 11 is 0. The Kier molecular flexibility index (Phi) is 6.10. The number of benzene rings is 2. The number of hydrazine groups is 1. The second-order valence-corrected chi connectivity index (χ2v) is 9.86. The second-order valence-electron chi connectivity index (χ2n) is 9.86. The fourth-order valence-electron chi connectivity index (χ4n) is 5.98. The summed E-state index contributed by atoms with van der Waals surface area (Å²) in [7, 11) is 0. The molecule has 3 fully saturated rings. The fraction of sp³-hybridized carbons (Fsp3) is 0.519.